The summed E-state index contributed by atoms with van der Waals surface area (Å²) in [5.41, 5.74) is 0. The monoisotopic (exact) mass is 685 g/mol. The highest BCUT2D eigenvalue weighted by Crippen LogP contribution is 2.59. The summed E-state index contributed by atoms with van der Waals surface area (Å²) in [4.78, 5) is 0. The third-order valence-electron chi connectivity index (χ3n) is 17.8. The lowest BCUT2D eigenvalue weighted by Crippen LogP contribution is -2.49. The van der Waals surface area contributed by atoms with Crippen molar-refractivity contribution in [1.82, 2.24) is 0 Å². The van der Waals surface area contributed by atoms with Gasteiger partial charge in [0.05, 0.1) is 18.3 Å². The van der Waals surface area contributed by atoms with E-state index in [1.807, 2.05) is 0 Å². The molecule has 0 aliphatic heterocycles. The second-order valence-electron chi connectivity index (χ2n) is 20.8. The van der Waals surface area contributed by atoms with Gasteiger partial charge in [-0.15, -0.1) is 0 Å². The van der Waals surface area contributed by atoms with Crippen LogP contribution in [0.15, 0.2) is 0 Å². The van der Waals surface area contributed by atoms with Crippen molar-refractivity contribution in [3.8, 4) is 0 Å². The summed E-state index contributed by atoms with van der Waals surface area (Å²) >= 11 is 0. The van der Waals surface area contributed by atoms with Crippen LogP contribution < -0.4 is 0 Å². The molecule has 6 saturated carbocycles. The Morgan fingerprint density at radius 3 is 1.10 bits per heavy atom. The lowest BCUT2D eigenvalue weighted by Gasteiger charge is -2.55. The van der Waals surface area contributed by atoms with Crippen LogP contribution in [0.1, 0.15) is 145 Å². The van der Waals surface area contributed by atoms with Crippen LogP contribution in [0.5, 0.6) is 0 Å². The van der Waals surface area contributed by atoms with E-state index in [0.717, 1.165) is 60.7 Å². The Hall–Kier alpha value is -0.160. The molecule has 6 aliphatic carbocycles. The van der Waals surface area contributed by atoms with Crippen LogP contribution >= 0.6 is 0 Å². The molecule has 0 amide bonds. The smallest absolute Gasteiger partial charge is 0.0568 e. The molecule has 4 heteroatoms. The first-order chi connectivity index (χ1) is 23.3. The number of rotatable bonds is 7. The molecule has 0 radical (unpaired) electrons. The van der Waals surface area contributed by atoms with Gasteiger partial charge >= 0.3 is 0 Å². The molecule has 21 atom stereocenters. The molecule has 0 aromatic carbocycles. The zero-order chi connectivity index (χ0) is 35.3. The van der Waals surface area contributed by atoms with Gasteiger partial charge in [-0.2, -0.15) is 0 Å². The highest BCUT2D eigenvalue weighted by Gasteiger charge is 2.51. The van der Waals surface area contributed by atoms with Crippen LogP contribution in [0.4, 0.5) is 0 Å². The zero-order valence-electron chi connectivity index (χ0n) is 33.1. The summed E-state index contributed by atoms with van der Waals surface area (Å²) in [6.07, 6.45) is 17.0. The average molecular weight is 685 g/mol. The molecular formula is C45H80O4. The minimum absolute atomic E-state index is 0.142. The van der Waals surface area contributed by atoms with Gasteiger partial charge in [0.2, 0.25) is 0 Å². The van der Waals surface area contributed by atoms with E-state index in [1.165, 1.54) is 70.6 Å². The van der Waals surface area contributed by atoms with Gasteiger partial charge < -0.3 is 20.4 Å². The Morgan fingerprint density at radius 2 is 0.735 bits per heavy atom. The van der Waals surface area contributed by atoms with Gasteiger partial charge in [-0.05, 0) is 202 Å². The molecule has 0 aromatic heterocycles. The van der Waals surface area contributed by atoms with Crippen molar-refractivity contribution in [1.29, 1.82) is 0 Å². The Bertz CT molecular complexity index is 1020. The van der Waals surface area contributed by atoms with E-state index in [2.05, 4.69) is 55.4 Å². The van der Waals surface area contributed by atoms with E-state index >= 15 is 0 Å². The van der Waals surface area contributed by atoms with Crippen molar-refractivity contribution in [3.05, 3.63) is 0 Å². The molecule has 20 unspecified atom stereocenters. The first kappa shape index (κ1) is 38.6. The molecule has 284 valence electrons. The topological polar surface area (TPSA) is 80.9 Å². The summed E-state index contributed by atoms with van der Waals surface area (Å²) in [6.45, 7) is 19.6. The normalized spacial score (nSPS) is 54.1. The highest BCUT2D eigenvalue weighted by molar-refractivity contribution is 5.01. The largest absolute Gasteiger partial charge is 0.396 e. The number of hydrogen-bond donors (Lipinski definition) is 4. The number of aliphatic hydroxyl groups is 4. The predicted molar refractivity (Wildman–Crippen MR) is 201 cm³/mol. The van der Waals surface area contributed by atoms with Crippen molar-refractivity contribution in [2.45, 2.75) is 164 Å². The van der Waals surface area contributed by atoms with Gasteiger partial charge in [-0.1, -0.05) is 55.4 Å². The van der Waals surface area contributed by atoms with Crippen LogP contribution in [0.25, 0.3) is 0 Å². The molecule has 6 aliphatic rings. The minimum atomic E-state index is -0.147. The van der Waals surface area contributed by atoms with Crippen molar-refractivity contribution in [2.24, 2.45) is 112 Å². The second kappa shape index (κ2) is 16.1. The fourth-order valence-corrected chi connectivity index (χ4v) is 14.7. The van der Waals surface area contributed by atoms with Crippen molar-refractivity contribution in [3.63, 3.8) is 0 Å². The van der Waals surface area contributed by atoms with Gasteiger partial charge in [0, 0.05) is 6.61 Å². The minimum Gasteiger partial charge on any atom is -0.396 e. The molecule has 49 heavy (non-hydrogen) atoms. The fraction of sp³-hybridized carbons (Fsp3) is 1.00. The van der Waals surface area contributed by atoms with Crippen LogP contribution in [0.2, 0.25) is 0 Å². The predicted octanol–water partition coefficient (Wildman–Crippen LogP) is 9.47. The van der Waals surface area contributed by atoms with Crippen LogP contribution in [0, 0.1) is 112 Å². The highest BCUT2D eigenvalue weighted by atomic mass is 16.3. The number of fused-ring (bicyclic) bond motifs is 1. The fourth-order valence-electron chi connectivity index (χ4n) is 14.7. The van der Waals surface area contributed by atoms with Gasteiger partial charge in [0.1, 0.15) is 0 Å². The van der Waals surface area contributed by atoms with Crippen molar-refractivity contribution in [2.75, 3.05) is 6.61 Å². The molecule has 6 fully saturated rings. The van der Waals surface area contributed by atoms with E-state index < -0.39 is 0 Å². The second-order valence-corrected chi connectivity index (χ2v) is 20.8. The van der Waals surface area contributed by atoms with E-state index in [4.69, 9.17) is 0 Å². The number of aliphatic hydroxyl groups excluding tert-OH is 4. The lowest BCUT2D eigenvalue weighted by atomic mass is 9.50. The van der Waals surface area contributed by atoms with Gasteiger partial charge in [0.15, 0.2) is 0 Å². The summed E-state index contributed by atoms with van der Waals surface area (Å²) in [6, 6.07) is 0. The first-order valence-electron chi connectivity index (χ1n) is 21.9. The van der Waals surface area contributed by atoms with Gasteiger partial charge in [0.25, 0.3) is 0 Å². The Balaban J connectivity index is 1.26. The van der Waals surface area contributed by atoms with Crippen molar-refractivity contribution < 1.29 is 20.4 Å². The molecule has 6 rings (SSSR count). The number of hydrogen-bond acceptors (Lipinski definition) is 4. The molecule has 0 spiro atoms. The Morgan fingerprint density at radius 1 is 0.388 bits per heavy atom. The van der Waals surface area contributed by atoms with Crippen molar-refractivity contribution >= 4 is 0 Å². The summed E-state index contributed by atoms with van der Waals surface area (Å²) in [5, 5.41) is 43.0. The third kappa shape index (κ3) is 8.04. The maximum absolute atomic E-state index is 10.9. The SMILES string of the molecule is CC1CC(C(C2CCC3CCC(C(C4CC(C)C(CO)CC4C)C4CC(C)[C@H](O)CC4C)CC3C2)C2CC(C)C(O)CC2C)C(C)CC1O. The molecule has 0 saturated heterocycles. The molecule has 0 bridgehead atoms. The van der Waals surface area contributed by atoms with Gasteiger partial charge in [-0.3, -0.25) is 0 Å². The maximum atomic E-state index is 10.9. The van der Waals surface area contributed by atoms with E-state index in [0.29, 0.717) is 77.6 Å². The van der Waals surface area contributed by atoms with E-state index in [-0.39, 0.29) is 18.3 Å². The van der Waals surface area contributed by atoms with E-state index in [9.17, 15) is 20.4 Å². The van der Waals surface area contributed by atoms with Crippen LogP contribution in [-0.2, 0) is 0 Å². The van der Waals surface area contributed by atoms with E-state index in [1.54, 1.807) is 0 Å². The van der Waals surface area contributed by atoms with Crippen LogP contribution in [0.3, 0.4) is 0 Å². The average Bonchev–Trinajstić information content (AvgIpc) is 3.05. The zero-order valence-corrected chi connectivity index (χ0v) is 33.1. The van der Waals surface area contributed by atoms with Gasteiger partial charge in [-0.25, -0.2) is 0 Å². The quantitative estimate of drug-likeness (QED) is 0.215. The molecular weight excluding hydrogens is 604 g/mol. The van der Waals surface area contributed by atoms with Crippen LogP contribution in [-0.4, -0.2) is 45.3 Å². The first-order valence-corrected chi connectivity index (χ1v) is 21.9. The Labute approximate surface area is 302 Å². The molecule has 0 heterocycles. The lowest BCUT2D eigenvalue weighted by molar-refractivity contribution is -0.0817. The molecule has 4 N–H and O–H groups in total. The molecule has 4 nitrogen and oxygen atoms in total. The Kier molecular flexibility index (Phi) is 12.6. The standard InChI is InChI=1S/C45H80O4/c1-24-14-37(25(2)13-36(24)23-46)44(38-15-29(6)41(47)18-26(38)3)33-11-9-32-10-12-34(22-35(32)21-33)45(39-16-30(7)42(48)19-27(39)4)40-17-31(8)43(49)20-28(40)5/h24-49H,9-23H2,1-8H3/t24?,25?,26?,27?,28?,29?,30?,31?,32?,33?,34?,35?,36?,37?,38?,39?,40?,41-,42?,43?,44?,45?/m1/s1. The summed E-state index contributed by atoms with van der Waals surface area (Å²) in [7, 11) is 0. The molecule has 0 aromatic rings. The third-order valence-corrected chi connectivity index (χ3v) is 17.8. The maximum Gasteiger partial charge on any atom is 0.0568 e. The summed E-state index contributed by atoms with van der Waals surface area (Å²) < 4.78 is 0. The summed E-state index contributed by atoms with van der Waals surface area (Å²) in [5.74, 6) is 12.3.